The standard InChI is InChI=1S/C19H20N4O2/c1-14-7-9-16(10-8-14)21-18(24)12-23(2)13-19(25)22-17-6-4-3-5-15(17)11-20/h3-10H,12-13H2,1-2H3,(H,21,24)(H,22,25)/p+1. The van der Waals surface area contributed by atoms with Crippen LogP contribution in [0.3, 0.4) is 0 Å². The second-order valence-electron chi connectivity index (χ2n) is 5.93. The van der Waals surface area contributed by atoms with E-state index in [1.54, 1.807) is 31.3 Å². The van der Waals surface area contributed by atoms with E-state index in [1.807, 2.05) is 37.3 Å². The highest BCUT2D eigenvalue weighted by atomic mass is 16.2. The third-order valence-corrected chi connectivity index (χ3v) is 3.58. The van der Waals surface area contributed by atoms with Crippen molar-refractivity contribution >= 4 is 23.2 Å². The maximum Gasteiger partial charge on any atom is 0.279 e. The molecule has 0 saturated carbocycles. The van der Waals surface area contributed by atoms with Crippen molar-refractivity contribution in [3.8, 4) is 6.07 Å². The van der Waals surface area contributed by atoms with Crippen molar-refractivity contribution in [1.29, 1.82) is 5.26 Å². The lowest BCUT2D eigenvalue weighted by Gasteiger charge is -2.14. The normalized spacial score (nSPS) is 11.2. The Morgan fingerprint density at radius 2 is 1.60 bits per heavy atom. The van der Waals surface area contributed by atoms with Gasteiger partial charge in [0.25, 0.3) is 11.8 Å². The summed E-state index contributed by atoms with van der Waals surface area (Å²) >= 11 is 0. The van der Waals surface area contributed by atoms with E-state index in [0.717, 1.165) is 16.2 Å². The molecule has 6 heteroatoms. The van der Waals surface area contributed by atoms with Crippen molar-refractivity contribution in [2.24, 2.45) is 0 Å². The second-order valence-corrected chi connectivity index (χ2v) is 5.93. The average Bonchev–Trinajstić information content (AvgIpc) is 2.57. The molecule has 2 aromatic carbocycles. The molecule has 3 N–H and O–H groups in total. The summed E-state index contributed by atoms with van der Waals surface area (Å²) in [6.07, 6.45) is 0. The summed E-state index contributed by atoms with van der Waals surface area (Å²) in [6.45, 7) is 2.27. The number of likely N-dealkylation sites (N-methyl/N-ethyl adjacent to an activating group) is 1. The van der Waals surface area contributed by atoms with Crippen LogP contribution in [0.15, 0.2) is 48.5 Å². The average molecular weight is 337 g/mol. The first kappa shape index (κ1) is 18.2. The van der Waals surface area contributed by atoms with Gasteiger partial charge in [0.2, 0.25) is 0 Å². The van der Waals surface area contributed by atoms with Gasteiger partial charge in [0, 0.05) is 5.69 Å². The first-order chi connectivity index (χ1) is 12.0. The van der Waals surface area contributed by atoms with Gasteiger partial charge in [-0.2, -0.15) is 5.26 Å². The number of amides is 2. The molecule has 1 unspecified atom stereocenters. The lowest BCUT2D eigenvalue weighted by atomic mass is 10.2. The van der Waals surface area contributed by atoms with E-state index in [4.69, 9.17) is 5.26 Å². The number of benzene rings is 2. The van der Waals surface area contributed by atoms with Crippen molar-refractivity contribution in [3.63, 3.8) is 0 Å². The van der Waals surface area contributed by atoms with Crippen LogP contribution in [0.4, 0.5) is 11.4 Å². The maximum absolute atomic E-state index is 12.1. The summed E-state index contributed by atoms with van der Waals surface area (Å²) in [4.78, 5) is 24.9. The second kappa shape index (κ2) is 8.62. The monoisotopic (exact) mass is 337 g/mol. The Balaban J connectivity index is 1.83. The van der Waals surface area contributed by atoms with Gasteiger partial charge in [0.05, 0.1) is 18.3 Å². The molecule has 0 fully saturated rings. The van der Waals surface area contributed by atoms with Crippen LogP contribution in [0.25, 0.3) is 0 Å². The Morgan fingerprint density at radius 1 is 1.00 bits per heavy atom. The number of para-hydroxylation sites is 1. The van der Waals surface area contributed by atoms with Crippen LogP contribution < -0.4 is 15.5 Å². The molecular formula is C19H21N4O2+. The number of carbonyl (C=O) groups excluding carboxylic acids is 2. The molecule has 2 rings (SSSR count). The molecule has 2 aromatic rings. The van der Waals surface area contributed by atoms with Gasteiger partial charge >= 0.3 is 0 Å². The first-order valence-electron chi connectivity index (χ1n) is 7.94. The minimum atomic E-state index is -0.247. The molecular weight excluding hydrogens is 316 g/mol. The van der Waals surface area contributed by atoms with E-state index in [-0.39, 0.29) is 24.9 Å². The molecule has 1 atom stereocenters. The van der Waals surface area contributed by atoms with E-state index < -0.39 is 0 Å². The van der Waals surface area contributed by atoms with Crippen LogP contribution in [0.5, 0.6) is 0 Å². The van der Waals surface area contributed by atoms with E-state index >= 15 is 0 Å². The Hall–Kier alpha value is -3.17. The predicted octanol–water partition coefficient (Wildman–Crippen LogP) is 0.959. The van der Waals surface area contributed by atoms with Gasteiger partial charge < -0.3 is 15.5 Å². The van der Waals surface area contributed by atoms with Gasteiger partial charge in [0.1, 0.15) is 6.07 Å². The van der Waals surface area contributed by atoms with E-state index in [1.165, 1.54) is 0 Å². The van der Waals surface area contributed by atoms with Gasteiger partial charge in [-0.1, -0.05) is 29.8 Å². The molecule has 0 spiro atoms. The molecule has 0 aromatic heterocycles. The number of hydrogen-bond acceptors (Lipinski definition) is 3. The van der Waals surface area contributed by atoms with Crippen LogP contribution in [-0.4, -0.2) is 32.0 Å². The highest BCUT2D eigenvalue weighted by molar-refractivity contribution is 5.93. The van der Waals surface area contributed by atoms with Crippen molar-refractivity contribution in [2.45, 2.75) is 6.92 Å². The smallest absolute Gasteiger partial charge is 0.279 e. The maximum atomic E-state index is 12.1. The third kappa shape index (κ3) is 5.75. The number of hydrogen-bond donors (Lipinski definition) is 3. The van der Waals surface area contributed by atoms with Crippen molar-refractivity contribution < 1.29 is 14.5 Å². The number of nitrogens with one attached hydrogen (secondary N) is 3. The molecule has 0 saturated heterocycles. The summed E-state index contributed by atoms with van der Waals surface area (Å²) in [7, 11) is 1.77. The molecule has 128 valence electrons. The predicted molar refractivity (Wildman–Crippen MR) is 96.2 cm³/mol. The number of anilines is 2. The van der Waals surface area contributed by atoms with Gasteiger partial charge in [-0.15, -0.1) is 0 Å². The topological polar surface area (TPSA) is 86.4 Å². The summed E-state index contributed by atoms with van der Waals surface area (Å²) in [6, 6.07) is 16.4. The van der Waals surface area contributed by atoms with Gasteiger partial charge in [-0.05, 0) is 31.2 Å². The van der Waals surface area contributed by atoms with Crippen LogP contribution in [-0.2, 0) is 9.59 Å². The Morgan fingerprint density at radius 3 is 2.24 bits per heavy atom. The number of nitriles is 1. The minimum Gasteiger partial charge on any atom is -0.322 e. The summed E-state index contributed by atoms with van der Waals surface area (Å²) in [5.74, 6) is -0.407. The fraction of sp³-hybridized carbons (Fsp3) is 0.211. The van der Waals surface area contributed by atoms with Crippen LogP contribution in [0.2, 0.25) is 0 Å². The highest BCUT2D eigenvalue weighted by Crippen LogP contribution is 2.12. The summed E-state index contributed by atoms with van der Waals surface area (Å²) < 4.78 is 0. The SMILES string of the molecule is Cc1ccc(NC(=O)C[NH+](C)CC(=O)Nc2ccccc2C#N)cc1. The molecule has 25 heavy (non-hydrogen) atoms. The largest absolute Gasteiger partial charge is 0.322 e. The fourth-order valence-corrected chi connectivity index (χ4v) is 2.34. The van der Waals surface area contributed by atoms with E-state index in [0.29, 0.717) is 11.3 Å². The highest BCUT2D eigenvalue weighted by Gasteiger charge is 2.15. The zero-order chi connectivity index (χ0) is 18.2. The Bertz CT molecular complexity index is 794. The van der Waals surface area contributed by atoms with Gasteiger partial charge in [-0.3, -0.25) is 9.59 Å². The molecule has 0 radical (unpaired) electrons. The van der Waals surface area contributed by atoms with E-state index in [9.17, 15) is 9.59 Å². The van der Waals surface area contributed by atoms with E-state index in [2.05, 4.69) is 10.6 Å². The number of rotatable bonds is 6. The van der Waals surface area contributed by atoms with Crippen LogP contribution in [0, 0.1) is 18.3 Å². The number of aryl methyl sites for hydroxylation is 1. The first-order valence-corrected chi connectivity index (χ1v) is 7.94. The molecule has 0 heterocycles. The molecule has 6 nitrogen and oxygen atoms in total. The van der Waals surface area contributed by atoms with Crippen molar-refractivity contribution in [1.82, 2.24) is 0 Å². The molecule has 2 amide bonds. The number of quaternary nitrogens is 1. The quantitative estimate of drug-likeness (QED) is 0.734. The summed E-state index contributed by atoms with van der Waals surface area (Å²) in [5.41, 5.74) is 2.74. The molecule has 0 bridgehead atoms. The van der Waals surface area contributed by atoms with Crippen LogP contribution in [0.1, 0.15) is 11.1 Å². The van der Waals surface area contributed by atoms with Crippen molar-refractivity contribution in [3.05, 3.63) is 59.7 Å². The number of nitrogens with zero attached hydrogens (tertiary/aromatic N) is 1. The zero-order valence-electron chi connectivity index (χ0n) is 14.3. The molecule has 0 aliphatic heterocycles. The molecule has 0 aliphatic carbocycles. The Kier molecular flexibility index (Phi) is 6.26. The zero-order valence-corrected chi connectivity index (χ0v) is 14.3. The summed E-state index contributed by atoms with van der Waals surface area (Å²) in [5, 5.41) is 14.5. The Labute approximate surface area is 147 Å². The van der Waals surface area contributed by atoms with Gasteiger partial charge in [0.15, 0.2) is 13.1 Å². The minimum absolute atomic E-state index is 0.126. The number of carbonyl (C=O) groups is 2. The molecule has 0 aliphatic rings. The fourth-order valence-electron chi connectivity index (χ4n) is 2.34. The van der Waals surface area contributed by atoms with Gasteiger partial charge in [-0.25, -0.2) is 0 Å². The lowest BCUT2D eigenvalue weighted by Crippen LogP contribution is -3.11. The van der Waals surface area contributed by atoms with Crippen LogP contribution >= 0.6 is 0 Å². The lowest BCUT2D eigenvalue weighted by molar-refractivity contribution is -0.862. The van der Waals surface area contributed by atoms with Crippen molar-refractivity contribution in [2.75, 3.05) is 30.8 Å². The third-order valence-electron chi connectivity index (χ3n) is 3.58.